The van der Waals surface area contributed by atoms with Crippen LogP contribution in [-0.2, 0) is 28.6 Å². The molecule has 0 aromatic carbocycles. The van der Waals surface area contributed by atoms with Crippen molar-refractivity contribution in [2.24, 2.45) is 17.8 Å². The summed E-state index contributed by atoms with van der Waals surface area (Å²) in [5, 5.41) is 10.7. The molecule has 114 valence electrons. The van der Waals surface area contributed by atoms with Crippen molar-refractivity contribution in [1.82, 2.24) is 0 Å². The SMILES string of the molecule is CC(C)C(=O)O[C@H]1[C@H]2OC(=O)C3=COC(=O)[C@@H]([C@@H]32)[C@@]1(C)O. The van der Waals surface area contributed by atoms with Crippen LogP contribution in [0.5, 0.6) is 0 Å². The zero-order valence-corrected chi connectivity index (χ0v) is 11.9. The van der Waals surface area contributed by atoms with Gasteiger partial charge in [-0.2, -0.15) is 0 Å². The molecule has 2 aliphatic heterocycles. The Kier molecular flexibility index (Phi) is 2.88. The largest absolute Gasteiger partial charge is 0.455 e. The van der Waals surface area contributed by atoms with Crippen molar-refractivity contribution in [3.05, 3.63) is 11.8 Å². The zero-order valence-electron chi connectivity index (χ0n) is 11.9. The number of aliphatic hydroxyl groups is 1. The van der Waals surface area contributed by atoms with E-state index in [2.05, 4.69) is 0 Å². The van der Waals surface area contributed by atoms with E-state index in [0.29, 0.717) is 0 Å². The summed E-state index contributed by atoms with van der Waals surface area (Å²) in [7, 11) is 0. The number of esters is 3. The van der Waals surface area contributed by atoms with Gasteiger partial charge in [0.05, 0.1) is 17.4 Å². The van der Waals surface area contributed by atoms with E-state index < -0.39 is 53.5 Å². The van der Waals surface area contributed by atoms with Gasteiger partial charge in [0.25, 0.3) is 0 Å². The van der Waals surface area contributed by atoms with E-state index in [4.69, 9.17) is 14.2 Å². The van der Waals surface area contributed by atoms with E-state index in [1.807, 2.05) is 0 Å². The number of hydrogen-bond donors (Lipinski definition) is 1. The van der Waals surface area contributed by atoms with Crippen LogP contribution in [0.4, 0.5) is 0 Å². The topological polar surface area (TPSA) is 99.1 Å². The number of carbonyl (C=O) groups is 3. The number of carbonyl (C=O) groups excluding carboxylic acids is 3. The van der Waals surface area contributed by atoms with Gasteiger partial charge >= 0.3 is 17.9 Å². The third-order valence-corrected chi connectivity index (χ3v) is 4.33. The molecule has 1 N–H and O–H groups in total. The van der Waals surface area contributed by atoms with E-state index in [1.54, 1.807) is 13.8 Å². The van der Waals surface area contributed by atoms with E-state index in [9.17, 15) is 19.5 Å². The van der Waals surface area contributed by atoms with Crippen molar-refractivity contribution in [2.75, 3.05) is 0 Å². The van der Waals surface area contributed by atoms with E-state index in [1.165, 1.54) is 6.92 Å². The Morgan fingerprint density at radius 1 is 1.43 bits per heavy atom. The van der Waals surface area contributed by atoms with Crippen LogP contribution in [-0.4, -0.2) is 40.8 Å². The maximum Gasteiger partial charge on any atom is 0.338 e. The van der Waals surface area contributed by atoms with Crippen LogP contribution in [0.1, 0.15) is 20.8 Å². The monoisotopic (exact) mass is 296 g/mol. The Morgan fingerprint density at radius 2 is 2.10 bits per heavy atom. The van der Waals surface area contributed by atoms with Gasteiger partial charge < -0.3 is 19.3 Å². The van der Waals surface area contributed by atoms with Crippen molar-refractivity contribution in [3.8, 4) is 0 Å². The van der Waals surface area contributed by atoms with Gasteiger partial charge in [-0.05, 0) is 6.92 Å². The second kappa shape index (κ2) is 4.30. The van der Waals surface area contributed by atoms with Crippen LogP contribution in [0.15, 0.2) is 11.8 Å². The molecule has 21 heavy (non-hydrogen) atoms. The van der Waals surface area contributed by atoms with Crippen LogP contribution in [0.2, 0.25) is 0 Å². The van der Waals surface area contributed by atoms with Crippen molar-refractivity contribution in [1.29, 1.82) is 0 Å². The van der Waals surface area contributed by atoms with Crippen LogP contribution in [0.3, 0.4) is 0 Å². The summed E-state index contributed by atoms with van der Waals surface area (Å²) in [6.45, 7) is 4.70. The third-order valence-electron chi connectivity index (χ3n) is 4.33. The van der Waals surface area contributed by atoms with Crippen LogP contribution in [0.25, 0.3) is 0 Å². The molecule has 1 saturated carbocycles. The normalized spacial score (nSPS) is 40.5. The van der Waals surface area contributed by atoms with Gasteiger partial charge in [-0.3, -0.25) is 9.59 Å². The Balaban J connectivity index is 2.00. The fourth-order valence-electron chi connectivity index (χ4n) is 3.22. The molecule has 7 nitrogen and oxygen atoms in total. The first-order valence-electron chi connectivity index (χ1n) is 6.79. The molecule has 0 aromatic heterocycles. The first-order valence-corrected chi connectivity index (χ1v) is 6.79. The molecule has 1 aliphatic carbocycles. The molecule has 0 aromatic rings. The number of rotatable bonds is 2. The molecule has 3 aliphatic rings. The highest BCUT2D eigenvalue weighted by Crippen LogP contribution is 2.52. The van der Waals surface area contributed by atoms with Crippen molar-refractivity contribution < 1.29 is 33.7 Å². The maximum absolute atomic E-state index is 11.9. The highest BCUT2D eigenvalue weighted by molar-refractivity contribution is 5.95. The minimum Gasteiger partial charge on any atom is -0.455 e. The van der Waals surface area contributed by atoms with Crippen molar-refractivity contribution in [2.45, 2.75) is 38.6 Å². The minimum atomic E-state index is -1.66. The Bertz CT molecular complexity index is 560. The standard InChI is InChI=1S/C14H16O7/c1-5(2)11(15)21-10-9-7-6(12(16)20-9)4-19-13(17)8(7)14(10,3)18/h4-5,7-10,18H,1-3H3/t7-,8-,9+,10+,14-/m1/s1. The lowest BCUT2D eigenvalue weighted by Gasteiger charge is -2.32. The van der Waals surface area contributed by atoms with Crippen LogP contribution in [0, 0.1) is 17.8 Å². The van der Waals surface area contributed by atoms with Crippen LogP contribution < -0.4 is 0 Å². The lowest BCUT2D eigenvalue weighted by atomic mass is 9.82. The van der Waals surface area contributed by atoms with Crippen molar-refractivity contribution in [3.63, 3.8) is 0 Å². The molecule has 0 radical (unpaired) electrons. The zero-order chi connectivity index (χ0) is 15.5. The van der Waals surface area contributed by atoms with Gasteiger partial charge in [0.2, 0.25) is 0 Å². The Labute approximate surface area is 120 Å². The quantitative estimate of drug-likeness (QED) is 0.562. The van der Waals surface area contributed by atoms with Gasteiger partial charge in [0.1, 0.15) is 23.9 Å². The molecule has 1 saturated heterocycles. The van der Waals surface area contributed by atoms with E-state index >= 15 is 0 Å². The van der Waals surface area contributed by atoms with Gasteiger partial charge in [-0.15, -0.1) is 0 Å². The predicted molar refractivity (Wildman–Crippen MR) is 66.4 cm³/mol. The second-order valence-corrected chi connectivity index (χ2v) is 6.12. The van der Waals surface area contributed by atoms with Crippen LogP contribution >= 0.6 is 0 Å². The summed E-state index contributed by atoms with van der Waals surface area (Å²) in [6, 6.07) is 0. The molecular formula is C14H16O7. The third kappa shape index (κ3) is 1.80. The molecule has 7 heteroatoms. The molecule has 0 amide bonds. The predicted octanol–water partition coefficient (Wildman–Crippen LogP) is -0.0827. The molecule has 0 spiro atoms. The molecule has 2 heterocycles. The van der Waals surface area contributed by atoms with E-state index in [-0.39, 0.29) is 5.57 Å². The summed E-state index contributed by atoms with van der Waals surface area (Å²) < 4.78 is 15.3. The van der Waals surface area contributed by atoms with E-state index in [0.717, 1.165) is 6.26 Å². The highest BCUT2D eigenvalue weighted by Gasteiger charge is 2.69. The first-order chi connectivity index (χ1) is 9.75. The van der Waals surface area contributed by atoms with Crippen molar-refractivity contribution >= 4 is 17.9 Å². The fourth-order valence-corrected chi connectivity index (χ4v) is 3.22. The molecular weight excluding hydrogens is 280 g/mol. The molecule has 0 bridgehead atoms. The average Bonchev–Trinajstić information content (AvgIpc) is 2.81. The highest BCUT2D eigenvalue weighted by atomic mass is 16.6. The maximum atomic E-state index is 11.9. The Morgan fingerprint density at radius 3 is 2.71 bits per heavy atom. The smallest absolute Gasteiger partial charge is 0.338 e. The summed E-state index contributed by atoms with van der Waals surface area (Å²) >= 11 is 0. The molecule has 3 rings (SSSR count). The minimum absolute atomic E-state index is 0.202. The summed E-state index contributed by atoms with van der Waals surface area (Å²) in [5.41, 5.74) is -1.45. The lowest BCUT2D eigenvalue weighted by molar-refractivity contribution is -0.183. The number of hydrogen-bond acceptors (Lipinski definition) is 7. The van der Waals surface area contributed by atoms with Gasteiger partial charge in [0.15, 0.2) is 6.10 Å². The lowest BCUT2D eigenvalue weighted by Crippen LogP contribution is -2.49. The van der Waals surface area contributed by atoms with Gasteiger partial charge in [-0.1, -0.05) is 13.8 Å². The second-order valence-electron chi connectivity index (χ2n) is 6.12. The summed E-state index contributed by atoms with van der Waals surface area (Å²) in [4.78, 5) is 35.6. The van der Waals surface area contributed by atoms with Gasteiger partial charge in [-0.25, -0.2) is 4.79 Å². The summed E-state index contributed by atoms with van der Waals surface area (Å²) in [6.07, 6.45) is -0.892. The average molecular weight is 296 g/mol. The number of ether oxygens (including phenoxy) is 3. The summed E-state index contributed by atoms with van der Waals surface area (Å²) in [5.74, 6) is -3.82. The van der Waals surface area contributed by atoms with Gasteiger partial charge in [0, 0.05) is 0 Å². The molecule has 0 unspecified atom stereocenters. The Hall–Kier alpha value is -1.89. The fraction of sp³-hybridized carbons (Fsp3) is 0.643. The first kappa shape index (κ1) is 14.1. The molecule has 2 fully saturated rings. The number of cyclic esters (lactones) is 1. The molecule has 5 atom stereocenters.